The van der Waals surface area contributed by atoms with Gasteiger partial charge >= 0.3 is 0 Å². The first-order valence-electron chi connectivity index (χ1n) is 10.9. The summed E-state index contributed by atoms with van der Waals surface area (Å²) in [5.41, 5.74) is 3.11. The number of H-pyrrole nitrogens is 1. The highest BCUT2D eigenvalue weighted by Gasteiger charge is 2.13. The van der Waals surface area contributed by atoms with E-state index in [0.717, 1.165) is 55.9 Å². The van der Waals surface area contributed by atoms with Gasteiger partial charge in [0.1, 0.15) is 0 Å². The molecule has 0 unspecified atom stereocenters. The van der Waals surface area contributed by atoms with E-state index in [2.05, 4.69) is 51.0 Å². The van der Waals surface area contributed by atoms with Gasteiger partial charge in [0.25, 0.3) is 0 Å². The fraction of sp³-hybridized carbons (Fsp3) is 0.318. The molecule has 1 aliphatic rings. The minimum absolute atomic E-state index is 0. The molecule has 0 bridgehead atoms. The van der Waals surface area contributed by atoms with Crippen molar-refractivity contribution in [1.82, 2.24) is 40.3 Å². The summed E-state index contributed by atoms with van der Waals surface area (Å²) in [6.45, 7) is 6.54. The summed E-state index contributed by atoms with van der Waals surface area (Å²) in [6.07, 6.45) is 3.48. The molecule has 1 fully saturated rings. The van der Waals surface area contributed by atoms with Gasteiger partial charge in [-0.3, -0.25) is 10.00 Å². The monoisotopic (exact) mass is 500 g/mol. The van der Waals surface area contributed by atoms with E-state index in [1.807, 2.05) is 30.3 Å². The second kappa shape index (κ2) is 11.4. The molecule has 0 radical (unpaired) electrons. The predicted molar refractivity (Wildman–Crippen MR) is 137 cm³/mol. The molecule has 10 nitrogen and oxygen atoms in total. The van der Waals surface area contributed by atoms with Crippen molar-refractivity contribution >= 4 is 46.9 Å². The second-order valence-corrected chi connectivity index (χ2v) is 8.23. The number of rotatable bonds is 8. The largest absolute Gasteiger partial charge is 0.353 e. The van der Waals surface area contributed by atoms with Crippen LogP contribution >= 0.6 is 24.0 Å². The van der Waals surface area contributed by atoms with Gasteiger partial charge in [0.15, 0.2) is 5.65 Å². The summed E-state index contributed by atoms with van der Waals surface area (Å²) in [5, 5.41) is 18.8. The van der Waals surface area contributed by atoms with E-state index in [1.165, 1.54) is 0 Å². The summed E-state index contributed by atoms with van der Waals surface area (Å²) < 4.78 is 0. The summed E-state index contributed by atoms with van der Waals surface area (Å²) in [6, 6.07) is 9.51. The van der Waals surface area contributed by atoms with Crippen molar-refractivity contribution in [2.75, 3.05) is 49.9 Å². The summed E-state index contributed by atoms with van der Waals surface area (Å²) >= 11 is 6.06. The van der Waals surface area contributed by atoms with E-state index >= 15 is 0 Å². The molecule has 4 N–H and O–H groups in total. The molecule has 0 atom stereocenters. The molecule has 0 amide bonds. The van der Waals surface area contributed by atoms with E-state index in [0.29, 0.717) is 34.8 Å². The number of piperazine rings is 1. The van der Waals surface area contributed by atoms with Crippen molar-refractivity contribution in [2.24, 2.45) is 0 Å². The minimum atomic E-state index is 0. The number of aromatic amines is 1. The summed E-state index contributed by atoms with van der Waals surface area (Å²) in [4.78, 5) is 20.4. The van der Waals surface area contributed by atoms with E-state index in [4.69, 9.17) is 11.6 Å². The first-order chi connectivity index (χ1) is 16.2. The topological polar surface area (TPSA) is 120 Å². The van der Waals surface area contributed by atoms with Crippen LogP contribution in [0.1, 0.15) is 5.56 Å². The molecule has 0 aliphatic carbocycles. The third-order valence-electron chi connectivity index (χ3n) is 5.48. The Balaban J connectivity index is 0.00000274. The fourth-order valence-electron chi connectivity index (χ4n) is 3.76. The van der Waals surface area contributed by atoms with Gasteiger partial charge < -0.3 is 16.0 Å². The first kappa shape index (κ1) is 24.1. The van der Waals surface area contributed by atoms with E-state index in [1.54, 1.807) is 12.4 Å². The smallest absolute Gasteiger partial charge is 0.224 e. The van der Waals surface area contributed by atoms with Gasteiger partial charge in [0, 0.05) is 63.2 Å². The van der Waals surface area contributed by atoms with Gasteiger partial charge in [0.05, 0.1) is 16.8 Å². The third kappa shape index (κ3) is 5.89. The van der Waals surface area contributed by atoms with E-state index < -0.39 is 0 Å². The van der Waals surface area contributed by atoms with Gasteiger partial charge in [-0.05, 0) is 23.8 Å². The molecule has 4 aromatic rings. The number of fused-ring (bicyclic) bond motifs is 1. The Labute approximate surface area is 208 Å². The highest BCUT2D eigenvalue weighted by atomic mass is 35.5. The lowest BCUT2D eigenvalue weighted by atomic mass is 10.2. The number of halogens is 2. The average molecular weight is 501 g/mol. The van der Waals surface area contributed by atoms with Crippen molar-refractivity contribution < 1.29 is 0 Å². The molecule has 1 aliphatic heterocycles. The van der Waals surface area contributed by atoms with Crippen LogP contribution in [0.5, 0.6) is 0 Å². The maximum Gasteiger partial charge on any atom is 0.224 e. The SMILES string of the molecule is Cl.Clc1cccc(CNc2nccc(-c3[nH]nc4nc(NCCN5CCNCC5)ncc34)n2)c1. The molecule has 0 spiro atoms. The Hall–Kier alpha value is -3.05. The zero-order valence-corrected chi connectivity index (χ0v) is 20.0. The molecule has 3 aromatic heterocycles. The highest BCUT2D eigenvalue weighted by Crippen LogP contribution is 2.24. The summed E-state index contributed by atoms with van der Waals surface area (Å²) in [7, 11) is 0. The number of nitrogens with one attached hydrogen (secondary N) is 4. The zero-order valence-electron chi connectivity index (χ0n) is 18.5. The average Bonchev–Trinajstić information content (AvgIpc) is 3.27. The van der Waals surface area contributed by atoms with Crippen LogP contribution in [0, 0.1) is 0 Å². The normalized spacial score (nSPS) is 14.0. The molecule has 12 heteroatoms. The Kier molecular flexibility index (Phi) is 8.07. The predicted octanol–water partition coefficient (Wildman–Crippen LogP) is 2.81. The van der Waals surface area contributed by atoms with Crippen LogP contribution in [0.2, 0.25) is 5.02 Å². The number of aromatic nitrogens is 6. The molecule has 1 saturated heterocycles. The number of nitrogens with zero attached hydrogens (tertiary/aromatic N) is 6. The van der Waals surface area contributed by atoms with Gasteiger partial charge in [-0.2, -0.15) is 10.1 Å². The highest BCUT2D eigenvalue weighted by molar-refractivity contribution is 6.30. The third-order valence-corrected chi connectivity index (χ3v) is 5.72. The number of benzene rings is 1. The second-order valence-electron chi connectivity index (χ2n) is 7.80. The molecule has 178 valence electrons. The lowest BCUT2D eigenvalue weighted by Crippen LogP contribution is -2.45. The van der Waals surface area contributed by atoms with E-state index in [-0.39, 0.29) is 12.4 Å². The van der Waals surface area contributed by atoms with Crippen LogP contribution < -0.4 is 16.0 Å². The molecule has 5 rings (SSSR count). The lowest BCUT2D eigenvalue weighted by molar-refractivity contribution is 0.249. The molecular formula is C22H26Cl2N10. The summed E-state index contributed by atoms with van der Waals surface area (Å²) in [5.74, 6) is 1.09. The Bertz CT molecular complexity index is 1230. The Morgan fingerprint density at radius 3 is 2.74 bits per heavy atom. The maximum atomic E-state index is 6.06. The van der Waals surface area contributed by atoms with Crippen molar-refractivity contribution in [3.63, 3.8) is 0 Å². The van der Waals surface area contributed by atoms with Crippen LogP contribution in [0.3, 0.4) is 0 Å². The van der Waals surface area contributed by atoms with Crippen LogP contribution in [0.25, 0.3) is 22.4 Å². The molecule has 0 saturated carbocycles. The zero-order chi connectivity index (χ0) is 22.5. The molecule has 34 heavy (non-hydrogen) atoms. The quantitative estimate of drug-likeness (QED) is 0.289. The van der Waals surface area contributed by atoms with E-state index in [9.17, 15) is 0 Å². The van der Waals surface area contributed by atoms with Crippen LogP contribution in [0.4, 0.5) is 11.9 Å². The van der Waals surface area contributed by atoms with Crippen molar-refractivity contribution in [2.45, 2.75) is 6.54 Å². The maximum absolute atomic E-state index is 6.06. The van der Waals surface area contributed by atoms with Gasteiger partial charge in [0.2, 0.25) is 11.9 Å². The van der Waals surface area contributed by atoms with Crippen LogP contribution in [-0.2, 0) is 6.54 Å². The Morgan fingerprint density at radius 1 is 1.03 bits per heavy atom. The molecule has 1 aromatic carbocycles. The van der Waals surface area contributed by atoms with Crippen LogP contribution in [0.15, 0.2) is 42.7 Å². The van der Waals surface area contributed by atoms with Crippen molar-refractivity contribution in [1.29, 1.82) is 0 Å². The molecular weight excluding hydrogens is 475 g/mol. The number of hydrogen-bond donors (Lipinski definition) is 4. The fourth-order valence-corrected chi connectivity index (χ4v) is 3.97. The standard InChI is InChI=1S/C22H25ClN10.ClH/c23-16-3-1-2-15(12-16)13-27-21-25-5-4-18(29-21)19-17-14-28-22(30-20(17)32-31-19)26-8-11-33-9-6-24-7-10-33;/h1-5,12,14,24H,6-11,13H2,(H,25,27,29)(H2,26,28,30,31,32);1H. The molecule has 4 heterocycles. The van der Waals surface area contributed by atoms with Crippen LogP contribution in [-0.4, -0.2) is 74.3 Å². The van der Waals surface area contributed by atoms with Crippen molar-refractivity contribution in [3.05, 3.63) is 53.3 Å². The van der Waals surface area contributed by atoms with Gasteiger partial charge in [-0.15, -0.1) is 12.4 Å². The van der Waals surface area contributed by atoms with Crippen molar-refractivity contribution in [3.8, 4) is 11.4 Å². The first-order valence-corrected chi connectivity index (χ1v) is 11.3. The number of hydrogen-bond acceptors (Lipinski definition) is 9. The number of anilines is 2. The van der Waals surface area contributed by atoms with Gasteiger partial charge in [-0.1, -0.05) is 23.7 Å². The minimum Gasteiger partial charge on any atom is -0.353 e. The lowest BCUT2D eigenvalue weighted by Gasteiger charge is -2.27. The Morgan fingerprint density at radius 2 is 1.88 bits per heavy atom. The van der Waals surface area contributed by atoms with Gasteiger partial charge in [-0.25, -0.2) is 15.0 Å².